The lowest BCUT2D eigenvalue weighted by atomic mass is 10.2. The van der Waals surface area contributed by atoms with Crippen molar-refractivity contribution < 1.29 is 32.6 Å². The third-order valence-electron chi connectivity index (χ3n) is 3.53. The van der Waals surface area contributed by atoms with Gasteiger partial charge in [0.05, 0.1) is 14.2 Å². The minimum Gasteiger partial charge on any atom is -0.481 e. The lowest BCUT2D eigenvalue weighted by Gasteiger charge is -2.08. The highest BCUT2D eigenvalue weighted by atomic mass is 19.1. The van der Waals surface area contributed by atoms with E-state index < -0.39 is 17.6 Å². The number of aromatic nitrogens is 2. The smallest absolute Gasteiger partial charge is 0.321 e. The van der Waals surface area contributed by atoms with Gasteiger partial charge in [-0.25, -0.2) is 8.78 Å². The first kappa shape index (κ1) is 21.0. The molecule has 0 saturated heterocycles. The van der Waals surface area contributed by atoms with Gasteiger partial charge in [0.2, 0.25) is 11.8 Å². The second kappa shape index (κ2) is 10.1. The molecule has 1 amide bonds. The van der Waals surface area contributed by atoms with Gasteiger partial charge in [-0.1, -0.05) is 0 Å². The standard InChI is InChI=1S/C18H19F2N3O5/c1-26-16-9-14(22-18(23-16)27-2)21-15(24)4-3-5-17(25)28-10-11-6-7-12(19)8-13(11)20/h6-9H,3-5,10H2,1-2H3,(H,21,22,23,24). The molecule has 0 bridgehead atoms. The van der Waals surface area contributed by atoms with Crippen LogP contribution in [-0.4, -0.2) is 36.1 Å². The third kappa shape index (κ3) is 6.45. The van der Waals surface area contributed by atoms with Crippen molar-refractivity contribution in [3.8, 4) is 11.9 Å². The minimum absolute atomic E-state index is 0.0336. The van der Waals surface area contributed by atoms with Crippen LogP contribution in [0.15, 0.2) is 24.3 Å². The number of carbonyl (C=O) groups excluding carboxylic acids is 2. The van der Waals surface area contributed by atoms with E-state index in [1.54, 1.807) is 0 Å². The number of ether oxygens (including phenoxy) is 3. The summed E-state index contributed by atoms with van der Waals surface area (Å²) in [5.74, 6) is -2.05. The molecular formula is C18H19F2N3O5. The van der Waals surface area contributed by atoms with Crippen molar-refractivity contribution in [3.63, 3.8) is 0 Å². The molecule has 1 N–H and O–H groups in total. The molecular weight excluding hydrogens is 376 g/mol. The van der Waals surface area contributed by atoms with E-state index in [9.17, 15) is 18.4 Å². The number of nitrogens with one attached hydrogen (secondary N) is 1. The highest BCUT2D eigenvalue weighted by Crippen LogP contribution is 2.17. The van der Waals surface area contributed by atoms with E-state index in [4.69, 9.17) is 14.2 Å². The number of anilines is 1. The van der Waals surface area contributed by atoms with E-state index in [1.807, 2.05) is 0 Å². The van der Waals surface area contributed by atoms with E-state index in [0.29, 0.717) is 6.07 Å². The third-order valence-corrected chi connectivity index (χ3v) is 3.53. The maximum atomic E-state index is 13.5. The molecule has 0 unspecified atom stereocenters. The molecule has 0 aliphatic heterocycles. The summed E-state index contributed by atoms with van der Waals surface area (Å²) in [5.41, 5.74) is 0.0687. The Balaban J connectivity index is 1.75. The number of esters is 1. The number of benzene rings is 1. The normalized spacial score (nSPS) is 10.3. The number of hydrogen-bond acceptors (Lipinski definition) is 7. The molecule has 0 aliphatic carbocycles. The molecule has 0 radical (unpaired) electrons. The van der Waals surface area contributed by atoms with Gasteiger partial charge in [-0.3, -0.25) is 9.59 Å². The van der Waals surface area contributed by atoms with Gasteiger partial charge in [0, 0.05) is 30.5 Å². The van der Waals surface area contributed by atoms with Gasteiger partial charge in [0.1, 0.15) is 24.1 Å². The highest BCUT2D eigenvalue weighted by molar-refractivity contribution is 5.90. The quantitative estimate of drug-likeness (QED) is 0.652. The Labute approximate surface area is 159 Å². The molecule has 0 saturated carbocycles. The summed E-state index contributed by atoms with van der Waals surface area (Å²) < 4.78 is 41.1. The maximum Gasteiger partial charge on any atom is 0.321 e. The van der Waals surface area contributed by atoms with Crippen LogP contribution in [0.3, 0.4) is 0 Å². The average Bonchev–Trinajstić information content (AvgIpc) is 2.66. The predicted molar refractivity (Wildman–Crippen MR) is 93.8 cm³/mol. The number of halogens is 2. The summed E-state index contributed by atoms with van der Waals surface area (Å²) in [7, 11) is 2.79. The first-order chi connectivity index (χ1) is 13.4. The zero-order valence-electron chi connectivity index (χ0n) is 15.3. The highest BCUT2D eigenvalue weighted by Gasteiger charge is 2.11. The zero-order valence-corrected chi connectivity index (χ0v) is 15.3. The number of hydrogen-bond donors (Lipinski definition) is 1. The fourth-order valence-electron chi connectivity index (χ4n) is 2.13. The summed E-state index contributed by atoms with van der Waals surface area (Å²) in [6, 6.07) is 4.45. The van der Waals surface area contributed by atoms with Crippen LogP contribution in [-0.2, 0) is 20.9 Å². The molecule has 2 aromatic rings. The first-order valence-corrected chi connectivity index (χ1v) is 8.27. The number of amides is 1. The van der Waals surface area contributed by atoms with Crippen LogP contribution in [0.25, 0.3) is 0 Å². The number of methoxy groups -OCH3 is 2. The van der Waals surface area contributed by atoms with Gasteiger partial charge in [-0.2, -0.15) is 9.97 Å². The van der Waals surface area contributed by atoms with Gasteiger partial charge in [-0.15, -0.1) is 0 Å². The second-order valence-electron chi connectivity index (χ2n) is 5.58. The lowest BCUT2D eigenvalue weighted by Crippen LogP contribution is -2.14. The topological polar surface area (TPSA) is 99.6 Å². The Bertz CT molecular complexity index is 826. The second-order valence-corrected chi connectivity index (χ2v) is 5.58. The summed E-state index contributed by atoms with van der Waals surface area (Å²) in [6.07, 6.45) is 0.219. The summed E-state index contributed by atoms with van der Waals surface area (Å²) in [5, 5.41) is 2.55. The molecule has 150 valence electrons. The van der Waals surface area contributed by atoms with E-state index in [1.165, 1.54) is 26.4 Å². The Hall–Kier alpha value is -3.30. The molecule has 0 atom stereocenters. The molecule has 8 nitrogen and oxygen atoms in total. The molecule has 0 aliphatic rings. The Morgan fingerprint density at radius 1 is 1.07 bits per heavy atom. The van der Waals surface area contributed by atoms with Crippen molar-refractivity contribution >= 4 is 17.7 Å². The van der Waals surface area contributed by atoms with E-state index >= 15 is 0 Å². The SMILES string of the molecule is COc1cc(NC(=O)CCCC(=O)OCc2ccc(F)cc2F)nc(OC)n1. The lowest BCUT2D eigenvalue weighted by molar-refractivity contribution is -0.145. The molecule has 1 aromatic heterocycles. The van der Waals surface area contributed by atoms with Gasteiger partial charge in [-0.05, 0) is 18.6 Å². The van der Waals surface area contributed by atoms with E-state index in [-0.39, 0.29) is 55.0 Å². The van der Waals surface area contributed by atoms with Crippen molar-refractivity contribution in [1.82, 2.24) is 9.97 Å². The van der Waals surface area contributed by atoms with Crippen LogP contribution in [0.5, 0.6) is 11.9 Å². The monoisotopic (exact) mass is 395 g/mol. The van der Waals surface area contributed by atoms with Crippen molar-refractivity contribution in [2.24, 2.45) is 0 Å². The molecule has 10 heteroatoms. The molecule has 2 rings (SSSR count). The Morgan fingerprint density at radius 3 is 2.54 bits per heavy atom. The zero-order chi connectivity index (χ0) is 20.5. The van der Waals surface area contributed by atoms with Gasteiger partial charge >= 0.3 is 12.0 Å². The van der Waals surface area contributed by atoms with Crippen molar-refractivity contribution in [1.29, 1.82) is 0 Å². The van der Waals surface area contributed by atoms with Crippen LogP contribution in [0.2, 0.25) is 0 Å². The van der Waals surface area contributed by atoms with E-state index in [0.717, 1.165) is 6.07 Å². The van der Waals surface area contributed by atoms with Gasteiger partial charge < -0.3 is 19.5 Å². The Morgan fingerprint density at radius 2 is 1.86 bits per heavy atom. The fourth-order valence-corrected chi connectivity index (χ4v) is 2.13. The van der Waals surface area contributed by atoms with Crippen molar-refractivity contribution in [3.05, 3.63) is 41.5 Å². The number of carbonyl (C=O) groups is 2. The molecule has 28 heavy (non-hydrogen) atoms. The van der Waals surface area contributed by atoms with Crippen LogP contribution in [0.4, 0.5) is 14.6 Å². The maximum absolute atomic E-state index is 13.5. The van der Waals surface area contributed by atoms with Crippen molar-refractivity contribution in [2.45, 2.75) is 25.9 Å². The molecule has 1 heterocycles. The number of rotatable bonds is 9. The molecule has 0 fully saturated rings. The predicted octanol–water partition coefficient (Wildman–Crippen LogP) is 2.62. The minimum atomic E-state index is -0.789. The van der Waals surface area contributed by atoms with Gasteiger partial charge in [0.15, 0.2) is 0 Å². The van der Waals surface area contributed by atoms with Gasteiger partial charge in [0.25, 0.3) is 0 Å². The van der Waals surface area contributed by atoms with Crippen LogP contribution < -0.4 is 14.8 Å². The van der Waals surface area contributed by atoms with E-state index in [2.05, 4.69) is 15.3 Å². The molecule has 0 spiro atoms. The van der Waals surface area contributed by atoms with Crippen LogP contribution >= 0.6 is 0 Å². The summed E-state index contributed by atoms with van der Waals surface area (Å²) >= 11 is 0. The fraction of sp³-hybridized carbons (Fsp3) is 0.333. The van der Waals surface area contributed by atoms with Crippen LogP contribution in [0, 0.1) is 11.6 Å². The van der Waals surface area contributed by atoms with Crippen molar-refractivity contribution in [2.75, 3.05) is 19.5 Å². The largest absolute Gasteiger partial charge is 0.481 e. The first-order valence-electron chi connectivity index (χ1n) is 8.27. The average molecular weight is 395 g/mol. The van der Waals surface area contributed by atoms with Crippen LogP contribution in [0.1, 0.15) is 24.8 Å². The number of nitrogens with zero attached hydrogens (tertiary/aromatic N) is 2. The summed E-state index contributed by atoms with van der Waals surface area (Å²) in [6.45, 7) is -0.308. The summed E-state index contributed by atoms with van der Waals surface area (Å²) in [4.78, 5) is 31.5. The Kier molecular flexibility index (Phi) is 7.61. The molecule has 1 aromatic carbocycles.